The average Bonchev–Trinajstić information content (AvgIpc) is 2.58. The molecule has 1 atom stereocenters. The summed E-state index contributed by atoms with van der Waals surface area (Å²) in [5, 5.41) is 5.98. The van der Waals surface area contributed by atoms with E-state index in [-0.39, 0.29) is 5.91 Å². The van der Waals surface area contributed by atoms with Crippen molar-refractivity contribution in [3.8, 4) is 18.1 Å². The molecule has 1 amide bonds. The van der Waals surface area contributed by atoms with E-state index in [4.69, 9.17) is 11.2 Å². The normalized spacial score (nSPS) is 11.3. The second-order valence-corrected chi connectivity index (χ2v) is 4.85. The number of anilines is 1. The topological polar surface area (TPSA) is 50.4 Å². The van der Waals surface area contributed by atoms with Crippen molar-refractivity contribution in [2.75, 3.05) is 18.5 Å². The second kappa shape index (κ2) is 8.62. The molecular formula is C19H20N2O2. The van der Waals surface area contributed by atoms with E-state index >= 15 is 0 Å². The van der Waals surface area contributed by atoms with Crippen LogP contribution in [-0.2, 0) is 4.79 Å². The lowest BCUT2D eigenvalue weighted by Gasteiger charge is -2.19. The van der Waals surface area contributed by atoms with Crippen LogP contribution in [0.1, 0.15) is 18.5 Å². The minimum atomic E-state index is -0.526. The maximum Gasteiger partial charge on any atom is 0.246 e. The quantitative estimate of drug-likeness (QED) is 0.773. The Balaban J connectivity index is 2.20. The second-order valence-electron chi connectivity index (χ2n) is 4.85. The lowest BCUT2D eigenvalue weighted by Crippen LogP contribution is -2.33. The van der Waals surface area contributed by atoms with E-state index < -0.39 is 6.04 Å². The summed E-state index contributed by atoms with van der Waals surface area (Å²) >= 11 is 0. The zero-order valence-corrected chi connectivity index (χ0v) is 13.1. The zero-order valence-electron chi connectivity index (χ0n) is 13.1. The van der Waals surface area contributed by atoms with Crippen molar-refractivity contribution in [1.82, 2.24) is 5.32 Å². The molecule has 0 heterocycles. The first kappa shape index (κ1) is 16.6. The van der Waals surface area contributed by atoms with Crippen LogP contribution in [0.2, 0.25) is 0 Å². The Labute approximate surface area is 136 Å². The molecule has 0 aliphatic heterocycles. The van der Waals surface area contributed by atoms with Crippen LogP contribution in [0.25, 0.3) is 0 Å². The highest BCUT2D eigenvalue weighted by atomic mass is 16.5. The van der Waals surface area contributed by atoms with Gasteiger partial charge in [-0.1, -0.05) is 48.4 Å². The average molecular weight is 308 g/mol. The highest BCUT2D eigenvalue weighted by Crippen LogP contribution is 2.25. The minimum absolute atomic E-state index is 0.182. The molecule has 2 aromatic carbocycles. The van der Waals surface area contributed by atoms with Crippen LogP contribution in [0, 0.1) is 12.3 Å². The number of amides is 1. The number of carbonyl (C=O) groups is 1. The molecule has 2 N–H and O–H groups in total. The van der Waals surface area contributed by atoms with Crippen LogP contribution in [0.15, 0.2) is 54.6 Å². The molecule has 23 heavy (non-hydrogen) atoms. The van der Waals surface area contributed by atoms with Gasteiger partial charge in [0.05, 0.1) is 18.8 Å². The summed E-state index contributed by atoms with van der Waals surface area (Å²) in [5.41, 5.74) is 1.50. The van der Waals surface area contributed by atoms with Gasteiger partial charge in [-0.05, 0) is 24.6 Å². The molecule has 0 aliphatic carbocycles. The fourth-order valence-electron chi connectivity index (χ4n) is 2.22. The molecule has 4 nitrogen and oxygen atoms in total. The molecule has 118 valence electrons. The van der Waals surface area contributed by atoms with Gasteiger partial charge in [0.2, 0.25) is 5.91 Å². The highest BCUT2D eigenvalue weighted by Gasteiger charge is 2.20. The van der Waals surface area contributed by atoms with Crippen molar-refractivity contribution in [1.29, 1.82) is 0 Å². The van der Waals surface area contributed by atoms with Crippen molar-refractivity contribution < 1.29 is 9.53 Å². The fraction of sp³-hybridized carbons (Fsp3) is 0.211. The summed E-state index contributed by atoms with van der Waals surface area (Å²) in [6.07, 6.45) is 5.31. The van der Waals surface area contributed by atoms with Crippen LogP contribution in [0.4, 0.5) is 5.69 Å². The Bertz CT molecular complexity index is 677. The van der Waals surface area contributed by atoms with Crippen molar-refractivity contribution in [2.45, 2.75) is 13.0 Å². The van der Waals surface area contributed by atoms with Crippen LogP contribution in [0.5, 0.6) is 5.75 Å². The molecule has 0 unspecified atom stereocenters. The van der Waals surface area contributed by atoms with Gasteiger partial charge in [0.1, 0.15) is 11.8 Å². The lowest BCUT2D eigenvalue weighted by molar-refractivity contribution is -0.118. The first-order valence-corrected chi connectivity index (χ1v) is 7.50. The third-order valence-electron chi connectivity index (χ3n) is 3.25. The standard InChI is InChI=1S/C19H20N2O2/c1-3-14-20-18(15-10-6-5-7-11-15)19(22)21-16-12-8-9-13-17(16)23-4-2/h1,5-13,18,20H,4,14H2,2H3,(H,21,22)/t18-/m1/s1. The number of para-hydroxylation sites is 2. The van der Waals surface area contributed by atoms with E-state index in [1.54, 1.807) is 0 Å². The summed E-state index contributed by atoms with van der Waals surface area (Å²) in [6, 6.07) is 16.3. The number of ether oxygens (including phenoxy) is 1. The van der Waals surface area contributed by atoms with E-state index in [2.05, 4.69) is 16.6 Å². The molecule has 0 spiro atoms. The lowest BCUT2D eigenvalue weighted by atomic mass is 10.1. The Hall–Kier alpha value is -2.77. The summed E-state index contributed by atoms with van der Waals surface area (Å²) in [6.45, 7) is 2.74. The van der Waals surface area contributed by atoms with Gasteiger partial charge in [0, 0.05) is 0 Å². The van der Waals surface area contributed by atoms with Crippen LogP contribution >= 0.6 is 0 Å². The smallest absolute Gasteiger partial charge is 0.246 e. The van der Waals surface area contributed by atoms with Crippen LogP contribution in [0.3, 0.4) is 0 Å². The zero-order chi connectivity index (χ0) is 16.5. The molecule has 0 bridgehead atoms. The van der Waals surface area contributed by atoms with E-state index in [0.717, 1.165) is 5.56 Å². The summed E-state index contributed by atoms with van der Waals surface area (Å²) in [4.78, 5) is 12.7. The Kier molecular flexibility index (Phi) is 6.22. The molecule has 0 aromatic heterocycles. The Morgan fingerprint density at radius 2 is 1.87 bits per heavy atom. The molecule has 0 saturated heterocycles. The molecule has 0 aliphatic rings. The van der Waals surface area contributed by atoms with Crippen LogP contribution in [-0.4, -0.2) is 19.1 Å². The van der Waals surface area contributed by atoms with Gasteiger partial charge in [-0.2, -0.15) is 0 Å². The van der Waals surface area contributed by atoms with Gasteiger partial charge < -0.3 is 10.1 Å². The van der Waals surface area contributed by atoms with Crippen molar-refractivity contribution in [3.63, 3.8) is 0 Å². The predicted molar refractivity (Wildman–Crippen MR) is 92.3 cm³/mol. The van der Waals surface area contributed by atoms with Gasteiger partial charge >= 0.3 is 0 Å². The van der Waals surface area contributed by atoms with Crippen molar-refractivity contribution in [3.05, 3.63) is 60.2 Å². The van der Waals surface area contributed by atoms with E-state index in [0.29, 0.717) is 24.6 Å². The van der Waals surface area contributed by atoms with Gasteiger partial charge in [-0.25, -0.2) is 0 Å². The third kappa shape index (κ3) is 4.60. The van der Waals surface area contributed by atoms with E-state index in [1.807, 2.05) is 61.5 Å². The molecule has 4 heteroatoms. The van der Waals surface area contributed by atoms with Crippen molar-refractivity contribution >= 4 is 11.6 Å². The highest BCUT2D eigenvalue weighted by molar-refractivity contribution is 5.96. The fourth-order valence-corrected chi connectivity index (χ4v) is 2.22. The molecule has 0 fully saturated rings. The van der Waals surface area contributed by atoms with Crippen molar-refractivity contribution in [2.24, 2.45) is 0 Å². The van der Waals surface area contributed by atoms with Gasteiger partial charge in [-0.15, -0.1) is 6.42 Å². The number of carbonyl (C=O) groups excluding carboxylic acids is 1. The first-order valence-electron chi connectivity index (χ1n) is 7.50. The monoisotopic (exact) mass is 308 g/mol. The summed E-state index contributed by atoms with van der Waals surface area (Å²) < 4.78 is 5.54. The molecule has 0 saturated carbocycles. The molecule has 0 radical (unpaired) electrons. The molecule has 2 rings (SSSR count). The first-order chi connectivity index (χ1) is 11.3. The number of terminal acetylenes is 1. The minimum Gasteiger partial charge on any atom is -0.492 e. The number of benzene rings is 2. The largest absolute Gasteiger partial charge is 0.492 e. The van der Waals surface area contributed by atoms with Gasteiger partial charge in [-0.3, -0.25) is 10.1 Å². The number of rotatable bonds is 7. The summed E-state index contributed by atoms with van der Waals surface area (Å²) in [5.74, 6) is 2.97. The van der Waals surface area contributed by atoms with E-state index in [1.165, 1.54) is 0 Å². The van der Waals surface area contributed by atoms with Crippen LogP contribution < -0.4 is 15.4 Å². The third-order valence-corrected chi connectivity index (χ3v) is 3.25. The maximum atomic E-state index is 12.7. The number of hydrogen-bond acceptors (Lipinski definition) is 3. The molecular weight excluding hydrogens is 288 g/mol. The Morgan fingerprint density at radius 1 is 1.17 bits per heavy atom. The SMILES string of the molecule is C#CCN[C@@H](C(=O)Nc1ccccc1OCC)c1ccccc1. The van der Waals surface area contributed by atoms with E-state index in [9.17, 15) is 4.79 Å². The van der Waals surface area contributed by atoms with Gasteiger partial charge in [0.15, 0.2) is 0 Å². The Morgan fingerprint density at radius 3 is 2.57 bits per heavy atom. The summed E-state index contributed by atoms with van der Waals surface area (Å²) in [7, 11) is 0. The number of hydrogen-bond donors (Lipinski definition) is 2. The number of nitrogens with one attached hydrogen (secondary N) is 2. The predicted octanol–water partition coefficient (Wildman–Crippen LogP) is 2.99. The maximum absolute atomic E-state index is 12.7. The van der Waals surface area contributed by atoms with Gasteiger partial charge in [0.25, 0.3) is 0 Å². The molecule has 2 aromatic rings.